The summed E-state index contributed by atoms with van der Waals surface area (Å²) in [4.78, 5) is 11.2. The van der Waals surface area contributed by atoms with Gasteiger partial charge in [0, 0.05) is 17.8 Å². The Hall–Kier alpha value is -1.95. The number of hydrogen-bond donors (Lipinski definition) is 1. The molecular weight excluding hydrogens is 214 g/mol. The maximum Gasteiger partial charge on any atom is 0.179 e. The molecule has 0 atom stereocenters. The lowest BCUT2D eigenvalue weighted by atomic mass is 10.2. The molecule has 3 rings (SSSR count). The number of thiophene rings is 1. The van der Waals surface area contributed by atoms with Crippen LogP contribution in [0.1, 0.15) is 9.67 Å². The summed E-state index contributed by atoms with van der Waals surface area (Å²) in [5, 5.41) is 10.5. The zero-order chi connectivity index (χ0) is 10.3. The monoisotopic (exact) mass is 219 g/mol. The fourth-order valence-corrected chi connectivity index (χ4v) is 2.28. The van der Waals surface area contributed by atoms with Gasteiger partial charge in [0.1, 0.15) is 10.4 Å². The van der Waals surface area contributed by atoms with E-state index < -0.39 is 0 Å². The van der Waals surface area contributed by atoms with Gasteiger partial charge in [-0.25, -0.2) is 0 Å². The first kappa shape index (κ1) is 8.37. The molecule has 0 saturated carbocycles. The Labute approximate surface area is 87.7 Å². The average molecular weight is 219 g/mol. The molecule has 15 heavy (non-hydrogen) atoms. The van der Waals surface area contributed by atoms with Crippen LogP contribution in [0.2, 0.25) is 0 Å². The molecule has 0 aromatic carbocycles. The highest BCUT2D eigenvalue weighted by Gasteiger charge is 2.14. The summed E-state index contributed by atoms with van der Waals surface area (Å²) in [6, 6.07) is 1.68. The molecule has 0 fully saturated rings. The van der Waals surface area contributed by atoms with Crippen LogP contribution in [0.4, 0.5) is 0 Å². The Balaban J connectivity index is 2.27. The minimum atomic E-state index is 0.635. The quantitative estimate of drug-likeness (QED) is 0.670. The molecule has 0 aliphatic carbocycles. The Bertz CT molecular complexity index is 608. The van der Waals surface area contributed by atoms with Crippen molar-refractivity contribution in [2.24, 2.45) is 0 Å². The van der Waals surface area contributed by atoms with Crippen molar-refractivity contribution in [2.75, 3.05) is 0 Å². The van der Waals surface area contributed by atoms with Gasteiger partial charge < -0.3 is 4.52 Å². The predicted molar refractivity (Wildman–Crippen MR) is 54.9 cm³/mol. The Morgan fingerprint density at radius 3 is 3.20 bits per heavy atom. The summed E-state index contributed by atoms with van der Waals surface area (Å²) >= 11 is 1.36. The normalized spacial score (nSPS) is 10.9. The van der Waals surface area contributed by atoms with Crippen LogP contribution in [0, 0.1) is 0 Å². The third-order valence-corrected chi connectivity index (χ3v) is 3.10. The third kappa shape index (κ3) is 1.18. The van der Waals surface area contributed by atoms with E-state index in [1.807, 2.05) is 0 Å². The van der Waals surface area contributed by atoms with Crippen LogP contribution in [0.25, 0.3) is 21.5 Å². The van der Waals surface area contributed by atoms with E-state index in [1.165, 1.54) is 11.3 Å². The maximum absolute atomic E-state index is 10.6. The van der Waals surface area contributed by atoms with E-state index in [0.29, 0.717) is 10.5 Å². The van der Waals surface area contributed by atoms with E-state index >= 15 is 0 Å². The van der Waals surface area contributed by atoms with Crippen molar-refractivity contribution in [1.82, 2.24) is 15.4 Å². The van der Waals surface area contributed by atoms with E-state index in [2.05, 4.69) is 15.4 Å². The molecule has 0 spiro atoms. The molecule has 6 heteroatoms. The standard InChI is InChI=1S/C9H5N3O2S/c13-4-6-1-7-9(15-6)8(12-14-7)5-2-10-11-3-5/h1-4H,(H,10,11). The summed E-state index contributed by atoms with van der Waals surface area (Å²) in [6.07, 6.45) is 4.20. The lowest BCUT2D eigenvalue weighted by Gasteiger charge is -1.84. The van der Waals surface area contributed by atoms with Gasteiger partial charge in [-0.1, -0.05) is 5.16 Å². The van der Waals surface area contributed by atoms with E-state index in [-0.39, 0.29) is 0 Å². The molecule has 0 bridgehead atoms. The topological polar surface area (TPSA) is 71.8 Å². The van der Waals surface area contributed by atoms with E-state index in [4.69, 9.17) is 4.52 Å². The van der Waals surface area contributed by atoms with Gasteiger partial charge in [-0.15, -0.1) is 11.3 Å². The number of H-pyrrole nitrogens is 1. The highest BCUT2D eigenvalue weighted by molar-refractivity contribution is 7.21. The maximum atomic E-state index is 10.6. The molecule has 0 unspecified atom stereocenters. The molecule has 0 aliphatic heterocycles. The smallest absolute Gasteiger partial charge is 0.179 e. The summed E-state index contributed by atoms with van der Waals surface area (Å²) in [6.45, 7) is 0. The lowest BCUT2D eigenvalue weighted by Crippen LogP contribution is -1.71. The molecule has 0 saturated heterocycles. The molecule has 0 amide bonds. The zero-order valence-corrected chi connectivity index (χ0v) is 8.25. The van der Waals surface area contributed by atoms with Gasteiger partial charge in [0.05, 0.1) is 11.1 Å². The first-order valence-electron chi connectivity index (χ1n) is 4.22. The lowest BCUT2D eigenvalue weighted by molar-refractivity contribution is 0.112. The van der Waals surface area contributed by atoms with Gasteiger partial charge in [0.25, 0.3) is 0 Å². The largest absolute Gasteiger partial charge is 0.355 e. The van der Waals surface area contributed by atoms with Gasteiger partial charge >= 0.3 is 0 Å². The number of aldehydes is 1. The molecular formula is C9H5N3O2S. The van der Waals surface area contributed by atoms with Gasteiger partial charge in [0.2, 0.25) is 0 Å². The van der Waals surface area contributed by atoms with Gasteiger partial charge in [-0.3, -0.25) is 9.89 Å². The van der Waals surface area contributed by atoms with Crippen LogP contribution in [0.5, 0.6) is 0 Å². The van der Waals surface area contributed by atoms with Crippen LogP contribution in [-0.2, 0) is 0 Å². The van der Waals surface area contributed by atoms with Crippen LogP contribution >= 0.6 is 11.3 Å². The van der Waals surface area contributed by atoms with Crippen molar-refractivity contribution in [1.29, 1.82) is 0 Å². The van der Waals surface area contributed by atoms with E-state index in [1.54, 1.807) is 18.5 Å². The fourth-order valence-electron chi connectivity index (χ4n) is 1.38. The molecule has 0 aliphatic rings. The number of nitrogens with zero attached hydrogens (tertiary/aromatic N) is 2. The van der Waals surface area contributed by atoms with Gasteiger partial charge in [-0.2, -0.15) is 5.10 Å². The van der Waals surface area contributed by atoms with E-state index in [0.717, 1.165) is 22.2 Å². The summed E-state index contributed by atoms with van der Waals surface area (Å²) in [7, 11) is 0. The molecule has 5 nitrogen and oxygen atoms in total. The highest BCUT2D eigenvalue weighted by Crippen LogP contribution is 2.33. The minimum absolute atomic E-state index is 0.635. The number of carbonyl (C=O) groups is 1. The Morgan fingerprint density at radius 1 is 1.53 bits per heavy atom. The second-order valence-electron chi connectivity index (χ2n) is 2.98. The summed E-state index contributed by atoms with van der Waals surface area (Å²) in [5.74, 6) is 0. The number of nitrogens with one attached hydrogen (secondary N) is 1. The van der Waals surface area contributed by atoms with Crippen molar-refractivity contribution in [3.63, 3.8) is 0 Å². The number of carbonyl (C=O) groups excluding carboxylic acids is 1. The number of fused-ring (bicyclic) bond motifs is 1. The molecule has 3 aromatic rings. The van der Waals surface area contributed by atoms with Crippen LogP contribution < -0.4 is 0 Å². The SMILES string of the molecule is O=Cc1cc2onc(-c3cn[nH]c3)c2s1. The molecule has 3 aromatic heterocycles. The average Bonchev–Trinajstić information content (AvgIpc) is 2.92. The van der Waals surface area contributed by atoms with Crippen molar-refractivity contribution >= 4 is 27.9 Å². The van der Waals surface area contributed by atoms with Crippen molar-refractivity contribution in [3.05, 3.63) is 23.3 Å². The first-order chi connectivity index (χ1) is 7.38. The molecule has 3 heterocycles. The van der Waals surface area contributed by atoms with Crippen molar-refractivity contribution < 1.29 is 9.32 Å². The van der Waals surface area contributed by atoms with Crippen LogP contribution in [0.3, 0.4) is 0 Å². The third-order valence-electron chi connectivity index (χ3n) is 2.06. The number of aromatic amines is 1. The first-order valence-corrected chi connectivity index (χ1v) is 5.03. The second-order valence-corrected chi connectivity index (χ2v) is 4.06. The molecule has 1 N–H and O–H groups in total. The molecule has 74 valence electrons. The van der Waals surface area contributed by atoms with Crippen molar-refractivity contribution in [3.8, 4) is 11.3 Å². The number of aromatic nitrogens is 3. The van der Waals surface area contributed by atoms with Crippen LogP contribution in [0.15, 0.2) is 23.0 Å². The predicted octanol–water partition coefficient (Wildman–Crippen LogP) is 2.09. The Kier molecular flexibility index (Phi) is 1.69. The van der Waals surface area contributed by atoms with Crippen molar-refractivity contribution in [2.45, 2.75) is 0 Å². The second kappa shape index (κ2) is 3.03. The van der Waals surface area contributed by atoms with Gasteiger partial charge in [-0.05, 0) is 0 Å². The summed E-state index contributed by atoms with van der Waals surface area (Å²) in [5.41, 5.74) is 2.21. The molecule has 0 radical (unpaired) electrons. The minimum Gasteiger partial charge on any atom is -0.355 e. The van der Waals surface area contributed by atoms with Crippen LogP contribution in [-0.4, -0.2) is 21.6 Å². The zero-order valence-electron chi connectivity index (χ0n) is 7.43. The Morgan fingerprint density at radius 2 is 2.47 bits per heavy atom. The van der Waals surface area contributed by atoms with Gasteiger partial charge in [0.15, 0.2) is 11.9 Å². The summed E-state index contributed by atoms with van der Waals surface area (Å²) < 4.78 is 5.99. The highest BCUT2D eigenvalue weighted by atomic mass is 32.1. The number of hydrogen-bond acceptors (Lipinski definition) is 5. The van der Waals surface area contributed by atoms with E-state index in [9.17, 15) is 4.79 Å². The fraction of sp³-hybridized carbons (Fsp3) is 0. The number of rotatable bonds is 2.